The molecule has 4 nitrogen and oxygen atoms in total. The van der Waals surface area contributed by atoms with Crippen LogP contribution in [0.1, 0.15) is 103 Å². The Bertz CT molecular complexity index is 344. The van der Waals surface area contributed by atoms with E-state index in [1.807, 2.05) is 0 Å². The molecule has 1 aliphatic carbocycles. The molecule has 140 valence electrons. The van der Waals surface area contributed by atoms with Gasteiger partial charge >= 0.3 is 6.09 Å². The van der Waals surface area contributed by atoms with Crippen molar-refractivity contribution in [3.05, 3.63) is 0 Å². The van der Waals surface area contributed by atoms with Crippen molar-refractivity contribution in [3.8, 4) is 0 Å². The zero-order chi connectivity index (χ0) is 17.5. The lowest BCUT2D eigenvalue weighted by Gasteiger charge is -2.05. The lowest BCUT2D eigenvalue weighted by molar-refractivity contribution is -0.110. The van der Waals surface area contributed by atoms with Gasteiger partial charge in [0.2, 0.25) is 0 Å². The quantitative estimate of drug-likeness (QED) is 0.376. The highest BCUT2D eigenvalue weighted by Crippen LogP contribution is 2.14. The monoisotopic (exact) mass is 339 g/mol. The van der Waals surface area contributed by atoms with Crippen LogP contribution in [0.5, 0.6) is 0 Å². The van der Waals surface area contributed by atoms with Crippen molar-refractivity contribution < 1.29 is 14.3 Å². The summed E-state index contributed by atoms with van der Waals surface area (Å²) in [4.78, 5) is 22.1. The molecule has 4 heteroatoms. The fourth-order valence-corrected chi connectivity index (χ4v) is 2.92. The number of carbonyl (C=O) groups excluding carboxylic acids is 2. The standard InChI is InChI=1S/C20H37NO3/c1-2-3-4-5-6-7-8-9-10-11-12-13-14-15-16-24-20(23)21-18-17-19(18)22/h18H,2-17H2,1H3,(H,21,23). The third kappa shape index (κ3) is 12.4. The van der Waals surface area contributed by atoms with Crippen LogP contribution in [0, 0.1) is 0 Å². The topological polar surface area (TPSA) is 55.4 Å². The van der Waals surface area contributed by atoms with Gasteiger partial charge in [-0.2, -0.15) is 0 Å². The Morgan fingerprint density at radius 2 is 1.29 bits per heavy atom. The molecule has 0 bridgehead atoms. The first-order chi connectivity index (χ1) is 11.7. The van der Waals surface area contributed by atoms with Crippen LogP contribution in [-0.2, 0) is 9.53 Å². The van der Waals surface area contributed by atoms with Crippen LogP contribution < -0.4 is 5.32 Å². The summed E-state index contributed by atoms with van der Waals surface area (Å²) < 4.78 is 5.05. The van der Waals surface area contributed by atoms with Crippen molar-refractivity contribution in [2.45, 2.75) is 109 Å². The molecule has 0 spiro atoms. The summed E-state index contributed by atoms with van der Waals surface area (Å²) in [6.07, 6.45) is 18.5. The zero-order valence-corrected chi connectivity index (χ0v) is 15.6. The SMILES string of the molecule is CCCCCCCCCCCCCCCCOC(=O)NC1CC1=O. The molecule has 1 aliphatic rings. The molecule has 0 saturated heterocycles. The Morgan fingerprint density at radius 1 is 0.875 bits per heavy atom. The van der Waals surface area contributed by atoms with Crippen molar-refractivity contribution in [1.82, 2.24) is 5.32 Å². The van der Waals surface area contributed by atoms with Crippen molar-refractivity contribution >= 4 is 11.9 Å². The summed E-state index contributed by atoms with van der Waals surface area (Å²) in [5.41, 5.74) is 0. The van der Waals surface area contributed by atoms with Crippen molar-refractivity contribution in [2.75, 3.05) is 6.61 Å². The number of carbonyl (C=O) groups is 2. The highest BCUT2D eigenvalue weighted by atomic mass is 16.5. The van der Waals surface area contributed by atoms with E-state index < -0.39 is 6.09 Å². The minimum absolute atomic E-state index is 0.100. The number of nitrogens with one attached hydrogen (secondary N) is 1. The lowest BCUT2D eigenvalue weighted by atomic mass is 10.0. The second kappa shape index (κ2) is 14.3. The molecule has 0 aromatic rings. The van der Waals surface area contributed by atoms with E-state index in [1.165, 1.54) is 77.0 Å². The maximum Gasteiger partial charge on any atom is 0.407 e. The summed E-state index contributed by atoms with van der Waals surface area (Å²) in [5, 5.41) is 2.54. The van der Waals surface area contributed by atoms with Gasteiger partial charge in [0, 0.05) is 6.42 Å². The van der Waals surface area contributed by atoms with E-state index in [0.29, 0.717) is 13.0 Å². The third-order valence-electron chi connectivity index (χ3n) is 4.66. The van der Waals surface area contributed by atoms with Gasteiger partial charge in [0.05, 0.1) is 12.6 Å². The fraction of sp³-hybridized carbons (Fsp3) is 0.900. The molecule has 24 heavy (non-hydrogen) atoms. The van der Waals surface area contributed by atoms with Gasteiger partial charge in [-0.25, -0.2) is 4.79 Å². The number of alkyl carbamates (subject to hydrolysis) is 1. The largest absolute Gasteiger partial charge is 0.450 e. The van der Waals surface area contributed by atoms with Crippen LogP contribution in [-0.4, -0.2) is 24.5 Å². The highest BCUT2D eigenvalue weighted by Gasteiger charge is 2.36. The number of hydrogen-bond donors (Lipinski definition) is 1. The summed E-state index contributed by atoms with van der Waals surface area (Å²) in [5.74, 6) is 0.100. The smallest absolute Gasteiger partial charge is 0.407 e. The van der Waals surface area contributed by atoms with E-state index >= 15 is 0 Å². The van der Waals surface area contributed by atoms with Crippen LogP contribution in [0.25, 0.3) is 0 Å². The third-order valence-corrected chi connectivity index (χ3v) is 4.66. The Labute approximate surface area is 148 Å². The van der Waals surface area contributed by atoms with Gasteiger partial charge in [0.15, 0.2) is 5.78 Å². The van der Waals surface area contributed by atoms with E-state index in [9.17, 15) is 9.59 Å². The van der Waals surface area contributed by atoms with Gasteiger partial charge in [0.1, 0.15) is 0 Å². The number of rotatable bonds is 16. The number of Topliss-reactive ketones (excluding diaryl/α,β-unsaturated/α-hetero) is 1. The molecule has 1 atom stereocenters. The molecule has 1 amide bonds. The number of ketones is 1. The average Bonchev–Trinajstić information content (AvgIpc) is 3.25. The summed E-state index contributed by atoms with van der Waals surface area (Å²) in [6, 6.07) is -0.270. The maximum absolute atomic E-state index is 11.3. The summed E-state index contributed by atoms with van der Waals surface area (Å²) in [7, 11) is 0. The first-order valence-corrected chi connectivity index (χ1v) is 10.2. The van der Waals surface area contributed by atoms with Crippen molar-refractivity contribution in [2.24, 2.45) is 0 Å². The van der Waals surface area contributed by atoms with Crippen LogP contribution in [0.3, 0.4) is 0 Å². The molecule has 0 aromatic heterocycles. The molecular weight excluding hydrogens is 302 g/mol. The van der Waals surface area contributed by atoms with Crippen LogP contribution >= 0.6 is 0 Å². The van der Waals surface area contributed by atoms with Crippen LogP contribution in [0.4, 0.5) is 4.79 Å². The normalized spacial score (nSPS) is 16.2. The van der Waals surface area contributed by atoms with E-state index in [-0.39, 0.29) is 11.8 Å². The van der Waals surface area contributed by atoms with E-state index in [2.05, 4.69) is 12.2 Å². The van der Waals surface area contributed by atoms with Gasteiger partial charge < -0.3 is 10.1 Å². The number of ether oxygens (including phenoxy) is 1. The van der Waals surface area contributed by atoms with E-state index in [4.69, 9.17) is 4.74 Å². The lowest BCUT2D eigenvalue weighted by Crippen LogP contribution is -2.27. The minimum atomic E-state index is -0.444. The minimum Gasteiger partial charge on any atom is -0.450 e. The molecule has 1 N–H and O–H groups in total. The molecular formula is C20H37NO3. The maximum atomic E-state index is 11.3. The van der Waals surface area contributed by atoms with E-state index in [0.717, 1.165) is 12.8 Å². The molecule has 0 aliphatic heterocycles. The van der Waals surface area contributed by atoms with Crippen LogP contribution in [0.2, 0.25) is 0 Å². The Kier molecular flexibility index (Phi) is 12.5. The predicted octanol–water partition coefficient (Wildman–Crippen LogP) is 5.54. The average molecular weight is 340 g/mol. The van der Waals surface area contributed by atoms with Gasteiger partial charge in [-0.15, -0.1) is 0 Å². The van der Waals surface area contributed by atoms with E-state index in [1.54, 1.807) is 0 Å². The number of unbranched alkanes of at least 4 members (excludes halogenated alkanes) is 13. The Balaban J connectivity index is 1.69. The second-order valence-electron chi connectivity index (χ2n) is 7.10. The van der Waals surface area contributed by atoms with Crippen molar-refractivity contribution in [1.29, 1.82) is 0 Å². The van der Waals surface area contributed by atoms with Crippen LogP contribution in [0.15, 0.2) is 0 Å². The molecule has 0 radical (unpaired) electrons. The van der Waals surface area contributed by atoms with Gasteiger partial charge in [-0.1, -0.05) is 90.4 Å². The Morgan fingerprint density at radius 3 is 1.71 bits per heavy atom. The van der Waals surface area contributed by atoms with Crippen molar-refractivity contribution in [3.63, 3.8) is 0 Å². The first kappa shape index (κ1) is 21.0. The number of hydrogen-bond acceptors (Lipinski definition) is 3. The highest BCUT2D eigenvalue weighted by molar-refractivity contribution is 6.02. The molecule has 1 saturated carbocycles. The molecule has 1 rings (SSSR count). The molecule has 1 fully saturated rings. The van der Waals surface area contributed by atoms with Gasteiger partial charge in [0.25, 0.3) is 0 Å². The predicted molar refractivity (Wildman–Crippen MR) is 98.2 cm³/mol. The molecule has 0 heterocycles. The molecule has 0 aromatic carbocycles. The van der Waals surface area contributed by atoms with Gasteiger partial charge in [-0.3, -0.25) is 4.79 Å². The Hall–Kier alpha value is -1.06. The summed E-state index contributed by atoms with van der Waals surface area (Å²) in [6.45, 7) is 2.73. The summed E-state index contributed by atoms with van der Waals surface area (Å²) >= 11 is 0. The number of amides is 1. The molecule has 1 unspecified atom stereocenters. The first-order valence-electron chi connectivity index (χ1n) is 10.2. The fourth-order valence-electron chi connectivity index (χ4n) is 2.92. The zero-order valence-electron chi connectivity index (χ0n) is 15.6. The second-order valence-corrected chi connectivity index (χ2v) is 7.10. The van der Waals surface area contributed by atoms with Gasteiger partial charge in [-0.05, 0) is 6.42 Å².